The number of aromatic nitrogens is 3. The molecule has 114 valence electrons. The number of nitrogens with zero attached hydrogens (tertiary/aromatic N) is 4. The van der Waals surface area contributed by atoms with E-state index in [1.165, 1.54) is 11.1 Å². The number of aryl methyl sites for hydroxylation is 2. The largest absolute Gasteiger partial charge is 0.508 e. The average Bonchev–Trinajstić information content (AvgIpc) is 2.98. The predicted octanol–water partition coefficient (Wildman–Crippen LogP) is 2.94. The second kappa shape index (κ2) is 6.32. The maximum Gasteiger partial charge on any atom is 0.186 e. The fraction of sp³-hybridized carbons (Fsp3) is 0.167. The number of hydrogen-bond acceptors (Lipinski definition) is 4. The van der Waals surface area contributed by atoms with Gasteiger partial charge < -0.3 is 5.11 Å². The fourth-order valence-corrected chi connectivity index (χ4v) is 2.43. The predicted molar refractivity (Wildman–Crippen MR) is 86.3 cm³/mol. The van der Waals surface area contributed by atoms with Gasteiger partial charge in [-0.3, -0.25) is 0 Å². The molecule has 23 heavy (non-hydrogen) atoms. The lowest BCUT2D eigenvalue weighted by Gasteiger charge is -2.07. The van der Waals surface area contributed by atoms with Crippen LogP contribution in [0.1, 0.15) is 22.5 Å². The molecular formula is C18H16N4O. The van der Waals surface area contributed by atoms with Crippen molar-refractivity contribution in [3.8, 4) is 17.5 Å². The molecule has 0 fully saturated rings. The van der Waals surface area contributed by atoms with Gasteiger partial charge in [0.2, 0.25) is 0 Å². The molecule has 0 amide bonds. The SMILES string of the molecule is Cc1ccc(CCc2c(C#N)nnn2-c2ccc(O)cc2)cc1. The topological polar surface area (TPSA) is 74.7 Å². The van der Waals surface area contributed by atoms with Gasteiger partial charge in [-0.25, -0.2) is 4.68 Å². The monoisotopic (exact) mass is 304 g/mol. The smallest absolute Gasteiger partial charge is 0.186 e. The Morgan fingerprint density at radius 3 is 2.39 bits per heavy atom. The van der Waals surface area contributed by atoms with Crippen LogP contribution in [0.2, 0.25) is 0 Å². The van der Waals surface area contributed by atoms with Crippen molar-refractivity contribution in [1.82, 2.24) is 15.0 Å². The number of aromatic hydroxyl groups is 1. The van der Waals surface area contributed by atoms with E-state index in [0.717, 1.165) is 17.8 Å². The first-order valence-corrected chi connectivity index (χ1v) is 7.37. The third-order valence-electron chi connectivity index (χ3n) is 3.73. The van der Waals surface area contributed by atoms with E-state index in [-0.39, 0.29) is 5.75 Å². The average molecular weight is 304 g/mol. The molecule has 2 aromatic carbocycles. The van der Waals surface area contributed by atoms with Crippen molar-refractivity contribution in [2.45, 2.75) is 19.8 Å². The number of nitriles is 1. The van der Waals surface area contributed by atoms with Gasteiger partial charge in [0.15, 0.2) is 5.69 Å². The van der Waals surface area contributed by atoms with Crippen molar-refractivity contribution in [2.75, 3.05) is 0 Å². The summed E-state index contributed by atoms with van der Waals surface area (Å²) in [5, 5.41) is 26.7. The molecule has 0 atom stereocenters. The van der Waals surface area contributed by atoms with Crippen LogP contribution in [-0.4, -0.2) is 20.1 Å². The summed E-state index contributed by atoms with van der Waals surface area (Å²) < 4.78 is 1.66. The van der Waals surface area contributed by atoms with Crippen LogP contribution in [-0.2, 0) is 12.8 Å². The van der Waals surface area contributed by atoms with Crippen LogP contribution in [0, 0.1) is 18.3 Å². The molecule has 0 spiro atoms. The molecule has 1 aromatic heterocycles. The van der Waals surface area contributed by atoms with Gasteiger partial charge in [-0.2, -0.15) is 5.26 Å². The molecule has 0 saturated carbocycles. The zero-order valence-electron chi connectivity index (χ0n) is 12.8. The Balaban J connectivity index is 1.88. The summed E-state index contributed by atoms with van der Waals surface area (Å²) >= 11 is 0. The molecule has 5 nitrogen and oxygen atoms in total. The lowest BCUT2D eigenvalue weighted by Crippen LogP contribution is -2.05. The molecule has 0 unspecified atom stereocenters. The lowest BCUT2D eigenvalue weighted by atomic mass is 10.1. The highest BCUT2D eigenvalue weighted by atomic mass is 16.3. The first-order valence-electron chi connectivity index (χ1n) is 7.37. The number of hydrogen-bond donors (Lipinski definition) is 1. The Kier molecular flexibility index (Phi) is 4.07. The summed E-state index contributed by atoms with van der Waals surface area (Å²) in [6.07, 6.45) is 1.47. The first kappa shape index (κ1) is 14.8. The van der Waals surface area contributed by atoms with Crippen molar-refractivity contribution >= 4 is 0 Å². The molecule has 0 aliphatic heterocycles. The third kappa shape index (κ3) is 3.22. The molecule has 0 saturated heterocycles. The van der Waals surface area contributed by atoms with Crippen LogP contribution in [0.3, 0.4) is 0 Å². The lowest BCUT2D eigenvalue weighted by molar-refractivity contribution is 0.475. The van der Waals surface area contributed by atoms with Crippen molar-refractivity contribution in [3.63, 3.8) is 0 Å². The van der Waals surface area contributed by atoms with E-state index in [9.17, 15) is 10.4 Å². The quantitative estimate of drug-likeness (QED) is 0.804. The molecule has 0 radical (unpaired) electrons. The first-order chi connectivity index (χ1) is 11.2. The highest BCUT2D eigenvalue weighted by molar-refractivity contribution is 5.40. The number of phenolic OH excluding ortho intramolecular Hbond substituents is 1. The van der Waals surface area contributed by atoms with E-state index in [1.807, 2.05) is 0 Å². The normalized spacial score (nSPS) is 10.4. The minimum absolute atomic E-state index is 0.190. The molecule has 0 aliphatic carbocycles. The van der Waals surface area contributed by atoms with E-state index in [1.54, 1.807) is 28.9 Å². The molecular weight excluding hydrogens is 288 g/mol. The zero-order valence-corrected chi connectivity index (χ0v) is 12.8. The summed E-state index contributed by atoms with van der Waals surface area (Å²) in [7, 11) is 0. The third-order valence-corrected chi connectivity index (χ3v) is 3.73. The van der Waals surface area contributed by atoms with Gasteiger partial charge in [0.25, 0.3) is 0 Å². The van der Waals surface area contributed by atoms with E-state index in [2.05, 4.69) is 47.6 Å². The second-order valence-electron chi connectivity index (χ2n) is 5.41. The molecule has 1 heterocycles. The highest BCUT2D eigenvalue weighted by Gasteiger charge is 2.14. The second-order valence-corrected chi connectivity index (χ2v) is 5.41. The molecule has 0 bridgehead atoms. The van der Waals surface area contributed by atoms with Gasteiger partial charge in [0.05, 0.1) is 11.4 Å². The van der Waals surface area contributed by atoms with Crippen LogP contribution in [0.15, 0.2) is 48.5 Å². The van der Waals surface area contributed by atoms with Crippen LogP contribution >= 0.6 is 0 Å². The number of phenols is 1. The highest BCUT2D eigenvalue weighted by Crippen LogP contribution is 2.18. The summed E-state index contributed by atoms with van der Waals surface area (Å²) in [5.41, 5.74) is 4.32. The van der Waals surface area contributed by atoms with Crippen molar-refractivity contribution in [3.05, 3.63) is 71.0 Å². The maximum absolute atomic E-state index is 9.40. The van der Waals surface area contributed by atoms with Gasteiger partial charge in [-0.15, -0.1) is 5.10 Å². The van der Waals surface area contributed by atoms with Crippen LogP contribution in [0.4, 0.5) is 0 Å². The number of rotatable bonds is 4. The Bertz CT molecular complexity index is 842. The molecule has 3 rings (SSSR count). The van der Waals surface area contributed by atoms with Crippen molar-refractivity contribution in [1.29, 1.82) is 5.26 Å². The van der Waals surface area contributed by atoms with Gasteiger partial charge in [0, 0.05) is 0 Å². The maximum atomic E-state index is 9.40. The summed E-state index contributed by atoms with van der Waals surface area (Å²) in [4.78, 5) is 0. The molecule has 0 aliphatic rings. The van der Waals surface area contributed by atoms with Crippen molar-refractivity contribution < 1.29 is 5.11 Å². The molecule has 1 N–H and O–H groups in total. The zero-order chi connectivity index (χ0) is 16.2. The summed E-state index contributed by atoms with van der Waals surface area (Å²) in [6.45, 7) is 2.06. The summed E-state index contributed by atoms with van der Waals surface area (Å²) in [5.74, 6) is 0.190. The molecule has 3 aromatic rings. The Morgan fingerprint density at radius 2 is 1.74 bits per heavy atom. The van der Waals surface area contributed by atoms with Gasteiger partial charge >= 0.3 is 0 Å². The summed E-state index contributed by atoms with van der Waals surface area (Å²) in [6, 6.07) is 17.1. The Hall–Kier alpha value is -3.13. The minimum Gasteiger partial charge on any atom is -0.508 e. The number of benzene rings is 2. The van der Waals surface area contributed by atoms with Gasteiger partial charge in [0.1, 0.15) is 11.8 Å². The van der Waals surface area contributed by atoms with Gasteiger partial charge in [-0.05, 0) is 49.6 Å². The fourth-order valence-electron chi connectivity index (χ4n) is 2.43. The van der Waals surface area contributed by atoms with Crippen LogP contribution in [0.5, 0.6) is 5.75 Å². The van der Waals surface area contributed by atoms with E-state index in [4.69, 9.17) is 0 Å². The van der Waals surface area contributed by atoms with Crippen LogP contribution < -0.4 is 0 Å². The minimum atomic E-state index is 0.190. The standard InChI is InChI=1S/C18H16N4O/c1-13-2-4-14(5-3-13)6-11-18-17(12-19)20-21-22(18)15-7-9-16(23)10-8-15/h2-5,7-10,23H,6,11H2,1H3. The van der Waals surface area contributed by atoms with Crippen LogP contribution in [0.25, 0.3) is 5.69 Å². The Morgan fingerprint density at radius 1 is 1.04 bits per heavy atom. The van der Waals surface area contributed by atoms with E-state index < -0.39 is 0 Å². The van der Waals surface area contributed by atoms with E-state index in [0.29, 0.717) is 12.1 Å². The Labute approximate surface area is 134 Å². The molecule has 5 heteroatoms. The van der Waals surface area contributed by atoms with E-state index >= 15 is 0 Å². The van der Waals surface area contributed by atoms with Gasteiger partial charge in [-0.1, -0.05) is 35.0 Å². The van der Waals surface area contributed by atoms with Crippen molar-refractivity contribution in [2.24, 2.45) is 0 Å².